The van der Waals surface area contributed by atoms with Crippen molar-refractivity contribution in [1.82, 2.24) is 9.97 Å². The van der Waals surface area contributed by atoms with Crippen LogP contribution in [0.4, 0.5) is 5.69 Å². The Labute approximate surface area is 242 Å². The first kappa shape index (κ1) is 28.8. The number of benzene rings is 1. The van der Waals surface area contributed by atoms with Crippen LogP contribution in [0.3, 0.4) is 0 Å². The van der Waals surface area contributed by atoms with Gasteiger partial charge in [-0.15, -0.1) is 0 Å². The molecule has 2 aromatic heterocycles. The Morgan fingerprint density at radius 2 is 1.85 bits per heavy atom. The highest BCUT2D eigenvalue weighted by Gasteiger charge is 2.33. The van der Waals surface area contributed by atoms with Crippen LogP contribution < -0.4 is 9.64 Å². The van der Waals surface area contributed by atoms with Gasteiger partial charge in [0.15, 0.2) is 17.3 Å². The van der Waals surface area contributed by atoms with Crippen molar-refractivity contribution in [3.05, 3.63) is 59.9 Å². The number of aliphatic hydroxyl groups excluding tert-OH is 1. The Kier molecular flexibility index (Phi) is 9.04. The molecular weight excluding hydrogens is 516 g/mol. The van der Waals surface area contributed by atoms with Gasteiger partial charge in [0.05, 0.1) is 13.2 Å². The second-order valence-electron chi connectivity index (χ2n) is 11.8. The van der Waals surface area contributed by atoms with Gasteiger partial charge in [0.1, 0.15) is 18.0 Å². The summed E-state index contributed by atoms with van der Waals surface area (Å²) in [6.45, 7) is 4.76. The molecule has 0 atom stereocenters. The molecule has 8 heteroatoms. The fourth-order valence-corrected chi connectivity index (χ4v) is 6.22. The lowest BCUT2D eigenvalue weighted by molar-refractivity contribution is -0.124. The van der Waals surface area contributed by atoms with Gasteiger partial charge in [0, 0.05) is 41.2 Å². The number of nitrogens with zero attached hydrogens (tertiary/aromatic N) is 4. The standard InChI is InChI=1S/C33H40N4O4/c1-21(2)32-36-30(20-41-32)25-5-4-6-26(17-25)37(33(39)24-11-13-27(38)14-12-24)19-22-7-9-23(10-8-22)28-15-16-31(40-3)29(18-34)35-28/h4-6,15-17,20-24,27,38H,7-14,19H2,1-3H3/t22-,23-,24-,27-. The van der Waals surface area contributed by atoms with E-state index in [4.69, 9.17) is 9.15 Å². The third kappa shape index (κ3) is 6.62. The van der Waals surface area contributed by atoms with E-state index in [9.17, 15) is 15.2 Å². The minimum atomic E-state index is -0.304. The molecule has 0 saturated heterocycles. The van der Waals surface area contributed by atoms with Crippen molar-refractivity contribution in [2.45, 2.75) is 83.2 Å². The van der Waals surface area contributed by atoms with Gasteiger partial charge >= 0.3 is 0 Å². The van der Waals surface area contributed by atoms with Crippen LogP contribution in [0.2, 0.25) is 0 Å². The van der Waals surface area contributed by atoms with E-state index in [1.807, 2.05) is 41.3 Å². The van der Waals surface area contributed by atoms with E-state index < -0.39 is 0 Å². The molecule has 0 spiro atoms. The van der Waals surface area contributed by atoms with E-state index in [1.54, 1.807) is 13.4 Å². The van der Waals surface area contributed by atoms with E-state index in [1.165, 1.54) is 0 Å². The molecule has 2 fully saturated rings. The number of carbonyl (C=O) groups excluding carboxylic acids is 1. The number of rotatable bonds is 8. The van der Waals surface area contributed by atoms with E-state index in [0.717, 1.165) is 48.3 Å². The second-order valence-corrected chi connectivity index (χ2v) is 11.8. The molecule has 1 N–H and O–H groups in total. The normalized spacial score (nSPS) is 22.7. The van der Waals surface area contributed by atoms with Crippen molar-refractivity contribution < 1.29 is 19.1 Å². The highest BCUT2D eigenvalue weighted by Crippen LogP contribution is 2.38. The van der Waals surface area contributed by atoms with Gasteiger partial charge in [-0.1, -0.05) is 26.0 Å². The Morgan fingerprint density at radius 3 is 2.51 bits per heavy atom. The first-order valence-corrected chi connectivity index (χ1v) is 14.9. The van der Waals surface area contributed by atoms with Crippen LogP contribution in [0.25, 0.3) is 11.3 Å². The van der Waals surface area contributed by atoms with E-state index in [2.05, 4.69) is 29.9 Å². The highest BCUT2D eigenvalue weighted by atomic mass is 16.5. The summed E-state index contributed by atoms with van der Waals surface area (Å²) in [4.78, 5) is 25.2. The number of methoxy groups -OCH3 is 1. The summed E-state index contributed by atoms with van der Waals surface area (Å²) in [6, 6.07) is 14.0. The van der Waals surface area contributed by atoms with Crippen LogP contribution >= 0.6 is 0 Å². The minimum Gasteiger partial charge on any atom is -0.494 e. The van der Waals surface area contributed by atoms with Crippen molar-refractivity contribution in [3.8, 4) is 23.1 Å². The molecule has 2 aliphatic rings. The van der Waals surface area contributed by atoms with Crippen molar-refractivity contribution in [2.24, 2.45) is 11.8 Å². The molecule has 0 radical (unpaired) electrons. The summed E-state index contributed by atoms with van der Waals surface area (Å²) in [5.74, 6) is 2.12. The molecule has 1 aromatic carbocycles. The summed E-state index contributed by atoms with van der Waals surface area (Å²) in [5.41, 5.74) is 3.85. The average molecular weight is 557 g/mol. The highest BCUT2D eigenvalue weighted by molar-refractivity contribution is 5.95. The summed E-state index contributed by atoms with van der Waals surface area (Å²) in [5, 5.41) is 19.5. The van der Waals surface area contributed by atoms with Crippen molar-refractivity contribution in [2.75, 3.05) is 18.6 Å². The Morgan fingerprint density at radius 1 is 1.10 bits per heavy atom. The Hall–Kier alpha value is -3.70. The van der Waals surface area contributed by atoms with Crippen LogP contribution in [0.5, 0.6) is 5.75 Å². The number of aliphatic hydroxyl groups is 1. The van der Waals surface area contributed by atoms with Crippen molar-refractivity contribution >= 4 is 11.6 Å². The number of amides is 1. The zero-order valence-corrected chi connectivity index (χ0v) is 24.3. The predicted octanol–water partition coefficient (Wildman–Crippen LogP) is 6.60. The maximum absolute atomic E-state index is 14.0. The lowest BCUT2D eigenvalue weighted by atomic mass is 9.79. The van der Waals surface area contributed by atoms with Crippen LogP contribution in [-0.4, -0.2) is 40.7 Å². The zero-order chi connectivity index (χ0) is 28.9. The van der Waals surface area contributed by atoms with Crippen LogP contribution in [0.1, 0.15) is 94.3 Å². The monoisotopic (exact) mass is 556 g/mol. The maximum atomic E-state index is 14.0. The van der Waals surface area contributed by atoms with Gasteiger partial charge in [-0.2, -0.15) is 5.26 Å². The molecule has 2 aliphatic carbocycles. The Bertz CT molecular complexity index is 1380. The SMILES string of the molecule is COc1ccc([C@H]2CC[C@H](CN(c3cccc(-c4coc(C(C)C)n4)c3)C(=O)[C@H]3CC[C@H](O)CC3)CC2)nc1C#N. The molecule has 0 aliphatic heterocycles. The largest absolute Gasteiger partial charge is 0.494 e. The summed E-state index contributed by atoms with van der Waals surface area (Å²) >= 11 is 0. The van der Waals surface area contributed by atoms with Crippen molar-refractivity contribution in [3.63, 3.8) is 0 Å². The number of hydrogen-bond acceptors (Lipinski definition) is 7. The third-order valence-corrected chi connectivity index (χ3v) is 8.69. The molecule has 3 aromatic rings. The van der Waals surface area contributed by atoms with Gasteiger partial charge in [-0.3, -0.25) is 4.79 Å². The molecule has 0 bridgehead atoms. The number of hydrogen-bond donors (Lipinski definition) is 1. The van der Waals surface area contributed by atoms with Crippen LogP contribution in [-0.2, 0) is 4.79 Å². The lowest BCUT2D eigenvalue weighted by Crippen LogP contribution is -2.41. The number of oxazole rings is 1. The van der Waals surface area contributed by atoms with Gasteiger partial charge < -0.3 is 19.2 Å². The molecule has 1 amide bonds. The number of anilines is 1. The topological polar surface area (TPSA) is 112 Å². The first-order chi connectivity index (χ1) is 19.9. The fraction of sp³-hybridized carbons (Fsp3) is 0.515. The quantitative estimate of drug-likeness (QED) is 0.333. The number of carbonyl (C=O) groups is 1. The van der Waals surface area contributed by atoms with Gasteiger partial charge in [0.2, 0.25) is 5.91 Å². The van der Waals surface area contributed by atoms with Gasteiger partial charge in [-0.25, -0.2) is 9.97 Å². The number of aromatic nitrogens is 2. The molecule has 8 nitrogen and oxygen atoms in total. The number of ether oxygens (including phenoxy) is 1. The minimum absolute atomic E-state index is 0.0779. The predicted molar refractivity (Wildman–Crippen MR) is 157 cm³/mol. The van der Waals surface area contributed by atoms with Crippen LogP contribution in [0, 0.1) is 23.2 Å². The molecule has 0 unspecified atom stereocenters. The lowest BCUT2D eigenvalue weighted by Gasteiger charge is -2.35. The summed E-state index contributed by atoms with van der Waals surface area (Å²) < 4.78 is 10.9. The molecule has 216 valence electrons. The molecule has 5 rings (SSSR count). The molecule has 2 heterocycles. The third-order valence-electron chi connectivity index (χ3n) is 8.69. The van der Waals surface area contributed by atoms with Gasteiger partial charge in [-0.05, 0) is 81.5 Å². The average Bonchev–Trinajstić information content (AvgIpc) is 3.51. The second kappa shape index (κ2) is 12.9. The Balaban J connectivity index is 1.34. The van der Waals surface area contributed by atoms with Crippen molar-refractivity contribution in [1.29, 1.82) is 5.26 Å². The first-order valence-electron chi connectivity index (χ1n) is 14.9. The zero-order valence-electron chi connectivity index (χ0n) is 24.3. The summed E-state index contributed by atoms with van der Waals surface area (Å²) in [6.07, 6.45) is 8.05. The van der Waals surface area contributed by atoms with E-state index >= 15 is 0 Å². The molecule has 41 heavy (non-hydrogen) atoms. The smallest absolute Gasteiger partial charge is 0.230 e. The summed E-state index contributed by atoms with van der Waals surface area (Å²) in [7, 11) is 1.55. The van der Waals surface area contributed by atoms with E-state index in [-0.39, 0.29) is 23.8 Å². The number of nitriles is 1. The van der Waals surface area contributed by atoms with E-state index in [0.29, 0.717) is 61.4 Å². The molecule has 2 saturated carbocycles. The van der Waals surface area contributed by atoms with Crippen LogP contribution in [0.15, 0.2) is 47.1 Å². The maximum Gasteiger partial charge on any atom is 0.230 e. The number of pyridine rings is 1. The fourth-order valence-electron chi connectivity index (χ4n) is 6.22. The molecular formula is C33H40N4O4. The van der Waals surface area contributed by atoms with Gasteiger partial charge in [0.25, 0.3) is 0 Å².